The summed E-state index contributed by atoms with van der Waals surface area (Å²) >= 11 is 0. The van der Waals surface area contributed by atoms with Crippen LogP contribution >= 0.6 is 0 Å². The number of anilines is 2. The largest absolute Gasteiger partial charge is 0.507 e. The van der Waals surface area contributed by atoms with Gasteiger partial charge in [0.25, 0.3) is 0 Å². The van der Waals surface area contributed by atoms with Crippen LogP contribution in [0.5, 0.6) is 5.75 Å². The van der Waals surface area contributed by atoms with Gasteiger partial charge in [-0.2, -0.15) is 0 Å². The lowest BCUT2D eigenvalue weighted by Crippen LogP contribution is -2.24. The first-order chi connectivity index (χ1) is 15.7. The van der Waals surface area contributed by atoms with E-state index in [-0.39, 0.29) is 41.7 Å². The Morgan fingerprint density at radius 2 is 1.56 bits per heavy atom. The van der Waals surface area contributed by atoms with E-state index in [9.17, 15) is 19.5 Å². The number of phenols is 1. The summed E-state index contributed by atoms with van der Waals surface area (Å²) in [5.41, 5.74) is 4.45. The van der Waals surface area contributed by atoms with Crippen LogP contribution in [0.3, 0.4) is 0 Å². The highest BCUT2D eigenvalue weighted by atomic mass is 16.3. The SMILES string of the molecule is CCC(=O)Nc1cc(C)c(O)c(C)c1CC(=O)Nc1cc(CC(=O)N(C)C)ccc1C(C)(C)C. The number of likely N-dealkylation sites (N-methyl/N-ethyl adjacent to an activating group) is 1. The molecule has 3 amide bonds. The Morgan fingerprint density at radius 1 is 0.941 bits per heavy atom. The number of phenolic OH excluding ortho intramolecular Hbond substituents is 1. The van der Waals surface area contributed by atoms with Gasteiger partial charge < -0.3 is 20.6 Å². The summed E-state index contributed by atoms with van der Waals surface area (Å²) in [6.45, 7) is 11.4. The molecule has 0 aliphatic heterocycles. The molecule has 0 heterocycles. The van der Waals surface area contributed by atoms with Crippen LogP contribution in [0.1, 0.15) is 61.9 Å². The van der Waals surface area contributed by atoms with Gasteiger partial charge in [-0.3, -0.25) is 14.4 Å². The molecule has 3 N–H and O–H groups in total. The summed E-state index contributed by atoms with van der Waals surface area (Å²) in [6, 6.07) is 7.40. The van der Waals surface area contributed by atoms with Crippen molar-refractivity contribution in [2.45, 2.75) is 66.2 Å². The molecule has 34 heavy (non-hydrogen) atoms. The lowest BCUT2D eigenvalue weighted by Gasteiger charge is -2.24. The van der Waals surface area contributed by atoms with Crippen LogP contribution < -0.4 is 10.6 Å². The van der Waals surface area contributed by atoms with E-state index < -0.39 is 0 Å². The van der Waals surface area contributed by atoms with Crippen molar-refractivity contribution in [3.8, 4) is 5.75 Å². The molecule has 0 unspecified atom stereocenters. The number of aromatic hydroxyl groups is 1. The maximum atomic E-state index is 13.2. The van der Waals surface area contributed by atoms with E-state index in [0.29, 0.717) is 34.5 Å². The van der Waals surface area contributed by atoms with Gasteiger partial charge in [-0.05, 0) is 59.2 Å². The van der Waals surface area contributed by atoms with Crippen molar-refractivity contribution >= 4 is 29.1 Å². The number of hydrogen-bond donors (Lipinski definition) is 3. The molecule has 0 aliphatic carbocycles. The maximum Gasteiger partial charge on any atom is 0.228 e. The Morgan fingerprint density at radius 3 is 2.12 bits per heavy atom. The Hall–Kier alpha value is -3.35. The van der Waals surface area contributed by atoms with Gasteiger partial charge in [-0.1, -0.05) is 39.8 Å². The van der Waals surface area contributed by atoms with Gasteiger partial charge in [0.15, 0.2) is 0 Å². The zero-order valence-electron chi connectivity index (χ0n) is 21.5. The molecule has 2 aromatic carbocycles. The predicted octanol–water partition coefficient (Wildman–Crippen LogP) is 4.47. The molecular formula is C27H37N3O4. The van der Waals surface area contributed by atoms with Gasteiger partial charge >= 0.3 is 0 Å². The topological polar surface area (TPSA) is 98.7 Å². The van der Waals surface area contributed by atoms with E-state index in [1.54, 1.807) is 40.9 Å². The molecule has 0 saturated carbocycles. The quantitative estimate of drug-likeness (QED) is 0.523. The number of hydrogen-bond acceptors (Lipinski definition) is 4. The van der Waals surface area contributed by atoms with Crippen molar-refractivity contribution in [3.63, 3.8) is 0 Å². The molecular weight excluding hydrogens is 430 g/mol. The Bertz CT molecular complexity index is 1100. The summed E-state index contributed by atoms with van der Waals surface area (Å²) in [4.78, 5) is 39.0. The zero-order chi connectivity index (χ0) is 25.8. The monoisotopic (exact) mass is 467 g/mol. The molecule has 0 fully saturated rings. The van der Waals surface area contributed by atoms with Gasteiger partial charge in [-0.25, -0.2) is 0 Å². The molecule has 2 rings (SSSR count). The van der Waals surface area contributed by atoms with Crippen LogP contribution in [-0.4, -0.2) is 41.8 Å². The number of nitrogens with one attached hydrogen (secondary N) is 2. The first-order valence-electron chi connectivity index (χ1n) is 11.5. The number of nitrogens with zero attached hydrogens (tertiary/aromatic N) is 1. The highest BCUT2D eigenvalue weighted by molar-refractivity contribution is 5.97. The third-order valence-corrected chi connectivity index (χ3v) is 5.82. The molecule has 184 valence electrons. The molecule has 0 radical (unpaired) electrons. The van der Waals surface area contributed by atoms with Gasteiger partial charge in [-0.15, -0.1) is 0 Å². The minimum atomic E-state index is -0.278. The molecule has 0 bridgehead atoms. The maximum absolute atomic E-state index is 13.2. The second kappa shape index (κ2) is 10.7. The van der Waals surface area contributed by atoms with E-state index in [1.165, 1.54) is 4.90 Å². The predicted molar refractivity (Wildman–Crippen MR) is 136 cm³/mol. The molecule has 0 atom stereocenters. The molecule has 2 aromatic rings. The lowest BCUT2D eigenvalue weighted by atomic mass is 9.85. The van der Waals surface area contributed by atoms with E-state index in [1.807, 2.05) is 18.2 Å². The first kappa shape index (κ1) is 26.9. The Balaban J connectivity index is 2.41. The number of rotatable bonds is 7. The van der Waals surface area contributed by atoms with E-state index >= 15 is 0 Å². The van der Waals surface area contributed by atoms with Crippen LogP contribution in [0.2, 0.25) is 0 Å². The molecule has 0 saturated heterocycles. The summed E-state index contributed by atoms with van der Waals surface area (Å²) in [5.74, 6) is -0.362. The van der Waals surface area contributed by atoms with E-state index in [4.69, 9.17) is 0 Å². The summed E-state index contributed by atoms with van der Waals surface area (Å²) < 4.78 is 0. The first-order valence-corrected chi connectivity index (χ1v) is 11.5. The highest BCUT2D eigenvalue weighted by Gasteiger charge is 2.22. The van der Waals surface area contributed by atoms with Crippen LogP contribution in [-0.2, 0) is 32.6 Å². The van der Waals surface area contributed by atoms with Crippen molar-refractivity contribution in [2.24, 2.45) is 0 Å². The lowest BCUT2D eigenvalue weighted by molar-refractivity contribution is -0.128. The highest BCUT2D eigenvalue weighted by Crippen LogP contribution is 2.33. The third-order valence-electron chi connectivity index (χ3n) is 5.82. The molecule has 0 spiro atoms. The second-order valence-electron chi connectivity index (χ2n) is 9.91. The summed E-state index contributed by atoms with van der Waals surface area (Å²) in [6.07, 6.45) is 0.514. The smallest absolute Gasteiger partial charge is 0.228 e. The fourth-order valence-corrected chi connectivity index (χ4v) is 3.74. The minimum Gasteiger partial charge on any atom is -0.507 e. The van der Waals surface area contributed by atoms with Gasteiger partial charge in [0.2, 0.25) is 17.7 Å². The minimum absolute atomic E-state index is 0.0244. The van der Waals surface area contributed by atoms with Crippen molar-refractivity contribution < 1.29 is 19.5 Å². The molecule has 7 nitrogen and oxygen atoms in total. The normalized spacial score (nSPS) is 11.2. The Kier molecular flexibility index (Phi) is 8.48. The van der Waals surface area contributed by atoms with Crippen molar-refractivity contribution in [3.05, 3.63) is 52.1 Å². The van der Waals surface area contributed by atoms with Crippen LogP contribution in [0.25, 0.3) is 0 Å². The van der Waals surface area contributed by atoms with Crippen LogP contribution in [0.4, 0.5) is 11.4 Å². The molecule has 0 aliphatic rings. The standard InChI is InChI=1S/C27H37N3O4/c1-9-23(31)28-21-12-16(2)26(34)17(3)19(21)15-24(32)29-22-13-18(14-25(33)30(7)8)10-11-20(22)27(4,5)6/h10-13,34H,9,14-15H2,1-8H3,(H,28,31)(H,29,32). The number of carbonyl (C=O) groups excluding carboxylic acids is 3. The third kappa shape index (κ3) is 6.59. The molecule has 7 heteroatoms. The van der Waals surface area contributed by atoms with Crippen LogP contribution in [0.15, 0.2) is 24.3 Å². The van der Waals surface area contributed by atoms with Crippen molar-refractivity contribution in [2.75, 3.05) is 24.7 Å². The average molecular weight is 468 g/mol. The Labute approximate surface area is 202 Å². The fourth-order valence-electron chi connectivity index (χ4n) is 3.74. The second-order valence-corrected chi connectivity index (χ2v) is 9.91. The van der Waals surface area contributed by atoms with Gasteiger partial charge in [0.05, 0.1) is 12.8 Å². The number of amides is 3. The van der Waals surface area contributed by atoms with Crippen molar-refractivity contribution in [1.82, 2.24) is 4.90 Å². The van der Waals surface area contributed by atoms with Crippen molar-refractivity contribution in [1.29, 1.82) is 0 Å². The number of benzene rings is 2. The number of aryl methyl sites for hydroxylation is 1. The van der Waals surface area contributed by atoms with Crippen LogP contribution in [0, 0.1) is 13.8 Å². The molecule has 0 aromatic heterocycles. The fraction of sp³-hybridized carbons (Fsp3) is 0.444. The number of carbonyl (C=O) groups is 3. The zero-order valence-corrected chi connectivity index (χ0v) is 21.5. The van der Waals surface area contributed by atoms with E-state index in [0.717, 1.165) is 11.1 Å². The summed E-state index contributed by atoms with van der Waals surface area (Å²) in [5, 5.41) is 16.3. The average Bonchev–Trinajstić information content (AvgIpc) is 2.74. The van der Waals surface area contributed by atoms with E-state index in [2.05, 4.69) is 31.4 Å². The summed E-state index contributed by atoms with van der Waals surface area (Å²) in [7, 11) is 3.42. The van der Waals surface area contributed by atoms with Gasteiger partial charge in [0, 0.05) is 31.9 Å². The van der Waals surface area contributed by atoms with Gasteiger partial charge in [0.1, 0.15) is 5.75 Å².